The first-order chi connectivity index (χ1) is 11.1. The SMILES string of the molecule is COC(=O)CC(C)(C)CCSCCSCCC(C)(C)CC(=O)OC. The molecule has 0 aromatic heterocycles. The first kappa shape index (κ1) is 23.6. The van der Waals surface area contributed by atoms with Gasteiger partial charge >= 0.3 is 11.9 Å². The molecule has 142 valence electrons. The molecule has 0 atom stereocenters. The number of carbonyl (C=O) groups excluding carboxylic acids is 2. The van der Waals surface area contributed by atoms with Gasteiger partial charge in [0.05, 0.1) is 27.1 Å². The standard InChI is InChI=1S/C18H34O4S2/c1-17(2,13-15(19)21-5)7-9-23-11-12-24-10-8-18(3,4)14-16(20)22-6/h7-14H2,1-6H3. The molecule has 4 nitrogen and oxygen atoms in total. The Kier molecular flexibility index (Phi) is 11.9. The molecule has 0 unspecified atom stereocenters. The van der Waals surface area contributed by atoms with Gasteiger partial charge in [0.2, 0.25) is 0 Å². The predicted octanol–water partition coefficient (Wildman–Crippen LogP) is 4.41. The second-order valence-electron chi connectivity index (χ2n) is 7.56. The molecule has 24 heavy (non-hydrogen) atoms. The number of hydrogen-bond donors (Lipinski definition) is 0. The fourth-order valence-corrected chi connectivity index (χ4v) is 4.87. The molecule has 0 fully saturated rings. The molecule has 0 radical (unpaired) electrons. The Morgan fingerprint density at radius 1 is 0.708 bits per heavy atom. The highest BCUT2D eigenvalue weighted by Crippen LogP contribution is 2.29. The molecule has 0 rings (SSSR count). The molecule has 0 aromatic carbocycles. The smallest absolute Gasteiger partial charge is 0.306 e. The number of hydrogen-bond acceptors (Lipinski definition) is 6. The van der Waals surface area contributed by atoms with E-state index in [1.807, 2.05) is 23.5 Å². The summed E-state index contributed by atoms with van der Waals surface area (Å²) in [5.74, 6) is 4.12. The lowest BCUT2D eigenvalue weighted by atomic mass is 9.86. The highest BCUT2D eigenvalue weighted by Gasteiger charge is 2.23. The fourth-order valence-electron chi connectivity index (χ4n) is 2.12. The minimum Gasteiger partial charge on any atom is -0.469 e. The summed E-state index contributed by atoms with van der Waals surface area (Å²) in [4.78, 5) is 22.7. The summed E-state index contributed by atoms with van der Waals surface area (Å²) in [7, 11) is 2.88. The van der Waals surface area contributed by atoms with Crippen LogP contribution >= 0.6 is 23.5 Å². The summed E-state index contributed by atoms with van der Waals surface area (Å²) >= 11 is 3.88. The van der Waals surface area contributed by atoms with Crippen molar-refractivity contribution in [2.24, 2.45) is 10.8 Å². The number of carbonyl (C=O) groups is 2. The molecule has 0 spiro atoms. The van der Waals surface area contributed by atoms with Crippen molar-refractivity contribution < 1.29 is 19.1 Å². The van der Waals surface area contributed by atoms with Gasteiger partial charge in [-0.1, -0.05) is 27.7 Å². The third-order valence-corrected chi connectivity index (χ3v) is 6.15. The molecule has 0 N–H and O–H groups in total. The van der Waals surface area contributed by atoms with Gasteiger partial charge in [0.25, 0.3) is 0 Å². The minimum absolute atomic E-state index is 0.00511. The highest BCUT2D eigenvalue weighted by atomic mass is 32.2. The average molecular weight is 379 g/mol. The Morgan fingerprint density at radius 3 is 1.33 bits per heavy atom. The van der Waals surface area contributed by atoms with E-state index in [0.717, 1.165) is 35.9 Å². The second kappa shape index (κ2) is 12.1. The molecule has 0 aliphatic carbocycles. The van der Waals surface area contributed by atoms with Crippen LogP contribution in [0.2, 0.25) is 0 Å². The van der Waals surface area contributed by atoms with Crippen LogP contribution in [0, 0.1) is 10.8 Å². The minimum atomic E-state index is -0.130. The van der Waals surface area contributed by atoms with E-state index in [0.29, 0.717) is 12.8 Å². The van der Waals surface area contributed by atoms with E-state index in [-0.39, 0.29) is 22.8 Å². The third-order valence-electron chi connectivity index (χ3n) is 3.92. The van der Waals surface area contributed by atoms with E-state index >= 15 is 0 Å². The van der Waals surface area contributed by atoms with E-state index in [4.69, 9.17) is 9.47 Å². The van der Waals surface area contributed by atoms with Gasteiger partial charge in [-0.25, -0.2) is 0 Å². The van der Waals surface area contributed by atoms with Crippen LogP contribution in [0.15, 0.2) is 0 Å². The van der Waals surface area contributed by atoms with E-state index < -0.39 is 0 Å². The zero-order valence-corrected chi connectivity index (χ0v) is 17.7. The lowest BCUT2D eigenvalue weighted by Crippen LogP contribution is -2.19. The Labute approximate surface area is 156 Å². The summed E-state index contributed by atoms with van der Waals surface area (Å²) in [6.45, 7) is 8.45. The molecule has 0 saturated heterocycles. The number of thioether (sulfide) groups is 2. The lowest BCUT2D eigenvalue weighted by Gasteiger charge is -2.23. The van der Waals surface area contributed by atoms with Crippen LogP contribution in [-0.2, 0) is 19.1 Å². The van der Waals surface area contributed by atoms with Crippen molar-refractivity contribution in [2.45, 2.75) is 53.4 Å². The fraction of sp³-hybridized carbons (Fsp3) is 0.889. The van der Waals surface area contributed by atoms with Gasteiger partial charge in [0, 0.05) is 11.5 Å². The van der Waals surface area contributed by atoms with Gasteiger partial charge in [-0.05, 0) is 35.2 Å². The molecule has 0 aromatic rings. The summed E-state index contributed by atoms with van der Waals surface area (Å²) in [6, 6.07) is 0. The number of ether oxygens (including phenoxy) is 2. The van der Waals surface area contributed by atoms with E-state index in [9.17, 15) is 9.59 Å². The van der Waals surface area contributed by atoms with Crippen molar-refractivity contribution in [3.05, 3.63) is 0 Å². The van der Waals surface area contributed by atoms with Crippen molar-refractivity contribution in [3.63, 3.8) is 0 Å². The zero-order valence-electron chi connectivity index (χ0n) is 16.1. The normalized spacial score (nSPS) is 12.1. The van der Waals surface area contributed by atoms with Gasteiger partial charge < -0.3 is 9.47 Å². The van der Waals surface area contributed by atoms with Crippen LogP contribution in [0.5, 0.6) is 0 Å². The molecule has 0 saturated carbocycles. The Morgan fingerprint density at radius 2 is 1.04 bits per heavy atom. The second-order valence-corrected chi connectivity index (χ2v) is 10.0. The molecular weight excluding hydrogens is 344 g/mol. The van der Waals surface area contributed by atoms with Crippen molar-refractivity contribution in [3.8, 4) is 0 Å². The molecule has 0 heterocycles. The van der Waals surface area contributed by atoms with Crippen LogP contribution in [0.25, 0.3) is 0 Å². The van der Waals surface area contributed by atoms with Gasteiger partial charge in [0.15, 0.2) is 0 Å². The van der Waals surface area contributed by atoms with E-state index in [1.165, 1.54) is 14.2 Å². The monoisotopic (exact) mass is 378 g/mol. The lowest BCUT2D eigenvalue weighted by molar-refractivity contribution is -0.143. The predicted molar refractivity (Wildman–Crippen MR) is 105 cm³/mol. The summed E-state index contributed by atoms with van der Waals surface area (Å²) in [5.41, 5.74) is 0.0102. The highest BCUT2D eigenvalue weighted by molar-refractivity contribution is 8.02. The average Bonchev–Trinajstić information content (AvgIpc) is 2.48. The number of methoxy groups -OCH3 is 2. The van der Waals surface area contributed by atoms with Crippen LogP contribution < -0.4 is 0 Å². The van der Waals surface area contributed by atoms with Gasteiger partial charge in [0.1, 0.15) is 0 Å². The molecule has 0 amide bonds. The Bertz CT molecular complexity index is 345. The topological polar surface area (TPSA) is 52.6 Å². The maximum atomic E-state index is 11.3. The third kappa shape index (κ3) is 13.0. The summed E-state index contributed by atoms with van der Waals surface area (Å²) < 4.78 is 9.48. The maximum absolute atomic E-state index is 11.3. The molecule has 6 heteroatoms. The van der Waals surface area contributed by atoms with Crippen molar-refractivity contribution >= 4 is 35.5 Å². The first-order valence-corrected chi connectivity index (χ1v) is 10.7. The van der Waals surface area contributed by atoms with E-state index in [2.05, 4.69) is 27.7 Å². The maximum Gasteiger partial charge on any atom is 0.306 e. The quantitative estimate of drug-likeness (QED) is 0.349. The summed E-state index contributed by atoms with van der Waals surface area (Å²) in [6.07, 6.45) is 3.00. The summed E-state index contributed by atoms with van der Waals surface area (Å²) in [5, 5.41) is 0. The molecule has 0 aliphatic rings. The van der Waals surface area contributed by atoms with Crippen LogP contribution in [0.4, 0.5) is 0 Å². The van der Waals surface area contributed by atoms with Gasteiger partial charge in [-0.3, -0.25) is 9.59 Å². The number of rotatable bonds is 13. The first-order valence-electron chi connectivity index (χ1n) is 8.41. The largest absolute Gasteiger partial charge is 0.469 e. The number of esters is 2. The van der Waals surface area contributed by atoms with Crippen molar-refractivity contribution in [2.75, 3.05) is 37.2 Å². The van der Waals surface area contributed by atoms with E-state index in [1.54, 1.807) is 0 Å². The van der Waals surface area contributed by atoms with Crippen LogP contribution in [-0.4, -0.2) is 49.2 Å². The van der Waals surface area contributed by atoms with Gasteiger partial charge in [-0.2, -0.15) is 23.5 Å². The van der Waals surface area contributed by atoms with Gasteiger partial charge in [-0.15, -0.1) is 0 Å². The van der Waals surface area contributed by atoms with Crippen molar-refractivity contribution in [1.82, 2.24) is 0 Å². The van der Waals surface area contributed by atoms with Crippen LogP contribution in [0.1, 0.15) is 53.4 Å². The zero-order chi connectivity index (χ0) is 18.6. The van der Waals surface area contributed by atoms with Crippen molar-refractivity contribution in [1.29, 1.82) is 0 Å². The Balaban J connectivity index is 3.67. The molecular formula is C18H34O4S2. The molecule has 0 bridgehead atoms. The van der Waals surface area contributed by atoms with Crippen LogP contribution in [0.3, 0.4) is 0 Å². The molecule has 0 aliphatic heterocycles. The Hall–Kier alpha value is -0.360.